The number of rotatable bonds is 3. The predicted molar refractivity (Wildman–Crippen MR) is 86.5 cm³/mol. The first kappa shape index (κ1) is 17.0. The zero-order chi connectivity index (χ0) is 15.8. The van der Waals surface area contributed by atoms with Gasteiger partial charge >= 0.3 is 0 Å². The second-order valence-corrected chi connectivity index (χ2v) is 8.16. The highest BCUT2D eigenvalue weighted by Gasteiger charge is 2.35. The molecule has 0 amide bonds. The van der Waals surface area contributed by atoms with Gasteiger partial charge in [-0.2, -0.15) is 4.31 Å². The summed E-state index contributed by atoms with van der Waals surface area (Å²) in [5, 5.41) is 0.239. The molecule has 0 aliphatic carbocycles. The van der Waals surface area contributed by atoms with E-state index >= 15 is 0 Å². The maximum absolute atomic E-state index is 12.9. The summed E-state index contributed by atoms with van der Waals surface area (Å²) in [5.74, 6) is 0.259. The molecule has 0 N–H and O–H groups in total. The van der Waals surface area contributed by atoms with Crippen LogP contribution < -0.4 is 0 Å². The van der Waals surface area contributed by atoms with Crippen molar-refractivity contribution < 1.29 is 8.42 Å². The molecule has 0 aromatic heterocycles. The normalized spacial score (nSPS) is 25.2. The quantitative estimate of drug-likeness (QED) is 0.787. The van der Waals surface area contributed by atoms with Crippen LogP contribution in [0.4, 0.5) is 0 Å². The number of likely N-dealkylation sites (N-methyl/N-ethyl adjacent to an activating group) is 1. The molecular weight excluding hydrogens is 331 g/mol. The smallest absolute Gasteiger partial charge is 0.244 e. The Balaban J connectivity index is 2.38. The van der Waals surface area contributed by atoms with Crippen LogP contribution in [0.3, 0.4) is 0 Å². The van der Waals surface area contributed by atoms with Crippen LogP contribution in [0.2, 0.25) is 5.02 Å². The molecule has 2 unspecified atom stereocenters. The molecule has 0 saturated carbocycles. The number of hydrogen-bond acceptors (Lipinski definition) is 3. The van der Waals surface area contributed by atoms with Crippen molar-refractivity contribution in [2.45, 2.75) is 36.7 Å². The zero-order valence-electron chi connectivity index (χ0n) is 12.4. The highest BCUT2D eigenvalue weighted by atomic mass is 35.5. The van der Waals surface area contributed by atoms with Crippen molar-refractivity contribution in [1.82, 2.24) is 9.21 Å². The Morgan fingerprint density at radius 3 is 2.33 bits per heavy atom. The minimum absolute atomic E-state index is 0.145. The molecule has 0 radical (unpaired) electrons. The van der Waals surface area contributed by atoms with E-state index in [1.54, 1.807) is 18.2 Å². The minimum atomic E-state index is -3.60. The Labute approximate surface area is 136 Å². The lowest BCUT2D eigenvalue weighted by Gasteiger charge is -2.41. The lowest BCUT2D eigenvalue weighted by Crippen LogP contribution is -2.56. The van der Waals surface area contributed by atoms with Crippen molar-refractivity contribution in [2.75, 3.05) is 20.1 Å². The molecule has 1 saturated heterocycles. The predicted octanol–water partition coefficient (Wildman–Crippen LogP) is 2.79. The van der Waals surface area contributed by atoms with Crippen molar-refractivity contribution in [2.24, 2.45) is 0 Å². The first-order valence-corrected chi connectivity index (χ1v) is 9.19. The molecule has 1 aliphatic rings. The van der Waals surface area contributed by atoms with E-state index in [1.807, 2.05) is 20.9 Å². The molecule has 118 valence electrons. The van der Waals surface area contributed by atoms with E-state index in [0.717, 1.165) is 5.56 Å². The molecule has 2 rings (SSSR count). The minimum Gasteiger partial charge on any atom is -0.298 e. The van der Waals surface area contributed by atoms with Gasteiger partial charge in [0.1, 0.15) is 4.90 Å². The van der Waals surface area contributed by atoms with Crippen LogP contribution in [0.25, 0.3) is 0 Å². The van der Waals surface area contributed by atoms with E-state index in [9.17, 15) is 8.42 Å². The zero-order valence-corrected chi connectivity index (χ0v) is 14.7. The first-order valence-electron chi connectivity index (χ1n) is 6.84. The Morgan fingerprint density at radius 1 is 1.24 bits per heavy atom. The lowest BCUT2D eigenvalue weighted by molar-refractivity contribution is 0.105. The van der Waals surface area contributed by atoms with Crippen LogP contribution in [0, 0.1) is 0 Å². The Bertz CT molecular complexity index is 609. The Morgan fingerprint density at radius 2 is 1.81 bits per heavy atom. The van der Waals surface area contributed by atoms with Crippen LogP contribution in [0.5, 0.6) is 0 Å². The van der Waals surface area contributed by atoms with Gasteiger partial charge in [0.15, 0.2) is 0 Å². The molecule has 7 heteroatoms. The SMILES string of the molecule is CC1CN(S(=O)(=O)c2cc(CCl)ccc2Cl)CC(C)N1C. The number of nitrogens with zero attached hydrogens (tertiary/aromatic N) is 2. The van der Waals surface area contributed by atoms with Gasteiger partial charge in [-0.1, -0.05) is 17.7 Å². The van der Waals surface area contributed by atoms with E-state index < -0.39 is 10.0 Å². The third-order valence-electron chi connectivity index (χ3n) is 4.09. The number of piperazine rings is 1. The Kier molecular flexibility index (Phi) is 5.21. The monoisotopic (exact) mass is 350 g/mol. The van der Waals surface area contributed by atoms with Gasteiger partial charge in [-0.15, -0.1) is 11.6 Å². The summed E-state index contributed by atoms with van der Waals surface area (Å²) >= 11 is 11.9. The van der Waals surface area contributed by atoms with Crippen molar-refractivity contribution in [3.63, 3.8) is 0 Å². The summed E-state index contributed by atoms with van der Waals surface area (Å²) in [6.07, 6.45) is 0. The van der Waals surface area contributed by atoms with Crippen LogP contribution in [-0.2, 0) is 15.9 Å². The third-order valence-corrected chi connectivity index (χ3v) is 6.72. The van der Waals surface area contributed by atoms with E-state index in [2.05, 4.69) is 4.90 Å². The van der Waals surface area contributed by atoms with Crippen LogP contribution in [-0.4, -0.2) is 49.8 Å². The average Bonchev–Trinajstić information content (AvgIpc) is 2.44. The molecule has 0 bridgehead atoms. The van der Waals surface area contributed by atoms with E-state index in [1.165, 1.54) is 4.31 Å². The summed E-state index contributed by atoms with van der Waals surface area (Å²) in [6, 6.07) is 5.23. The molecule has 4 nitrogen and oxygen atoms in total. The third kappa shape index (κ3) is 3.37. The molecule has 21 heavy (non-hydrogen) atoms. The summed E-state index contributed by atoms with van der Waals surface area (Å²) < 4.78 is 27.2. The highest BCUT2D eigenvalue weighted by molar-refractivity contribution is 7.89. The van der Waals surface area contributed by atoms with Crippen LogP contribution >= 0.6 is 23.2 Å². The molecule has 1 heterocycles. The molecule has 1 aromatic rings. The first-order chi connectivity index (χ1) is 9.77. The highest BCUT2D eigenvalue weighted by Crippen LogP contribution is 2.28. The maximum Gasteiger partial charge on any atom is 0.244 e. The summed E-state index contributed by atoms with van der Waals surface area (Å²) in [6.45, 7) is 4.97. The van der Waals surface area contributed by atoms with Gasteiger partial charge in [0.2, 0.25) is 10.0 Å². The fourth-order valence-corrected chi connectivity index (χ4v) is 4.81. The molecule has 2 atom stereocenters. The van der Waals surface area contributed by atoms with Crippen molar-refractivity contribution in [1.29, 1.82) is 0 Å². The summed E-state index contributed by atoms with van der Waals surface area (Å²) in [7, 11) is -1.58. The van der Waals surface area contributed by atoms with Gasteiger partial charge < -0.3 is 0 Å². The van der Waals surface area contributed by atoms with Gasteiger partial charge in [0, 0.05) is 31.1 Å². The number of sulfonamides is 1. The van der Waals surface area contributed by atoms with Gasteiger partial charge in [0.25, 0.3) is 0 Å². The largest absolute Gasteiger partial charge is 0.298 e. The number of hydrogen-bond donors (Lipinski definition) is 0. The standard InChI is InChI=1S/C14H20Cl2N2O2S/c1-10-8-18(9-11(2)17(10)3)21(19,20)14-6-12(7-15)4-5-13(14)16/h4-6,10-11H,7-9H2,1-3H3. The van der Waals surface area contributed by atoms with Gasteiger partial charge in [-0.05, 0) is 38.6 Å². The number of benzene rings is 1. The van der Waals surface area contributed by atoms with Crippen molar-refractivity contribution in [3.05, 3.63) is 28.8 Å². The molecule has 0 spiro atoms. The summed E-state index contributed by atoms with van der Waals surface area (Å²) in [4.78, 5) is 2.33. The second kappa shape index (κ2) is 6.42. The fraction of sp³-hybridized carbons (Fsp3) is 0.571. The fourth-order valence-electron chi connectivity index (χ4n) is 2.52. The average molecular weight is 351 g/mol. The van der Waals surface area contributed by atoms with Crippen molar-refractivity contribution >= 4 is 33.2 Å². The number of halogens is 2. The van der Waals surface area contributed by atoms with E-state index in [4.69, 9.17) is 23.2 Å². The maximum atomic E-state index is 12.9. The Hall–Kier alpha value is -0.330. The van der Waals surface area contributed by atoms with E-state index in [-0.39, 0.29) is 27.9 Å². The van der Waals surface area contributed by atoms with Crippen LogP contribution in [0.15, 0.2) is 23.1 Å². The molecule has 1 aliphatic heterocycles. The van der Waals surface area contributed by atoms with Gasteiger partial charge in [-0.3, -0.25) is 4.90 Å². The second-order valence-electron chi connectivity index (χ2n) is 5.58. The molecular formula is C14H20Cl2N2O2S. The topological polar surface area (TPSA) is 40.6 Å². The number of alkyl halides is 1. The lowest BCUT2D eigenvalue weighted by atomic mass is 10.1. The van der Waals surface area contributed by atoms with Crippen molar-refractivity contribution in [3.8, 4) is 0 Å². The van der Waals surface area contributed by atoms with E-state index in [0.29, 0.717) is 13.1 Å². The molecule has 1 fully saturated rings. The molecule has 1 aromatic carbocycles. The van der Waals surface area contributed by atoms with Gasteiger partial charge in [-0.25, -0.2) is 8.42 Å². The summed E-state index contributed by atoms with van der Waals surface area (Å²) in [5.41, 5.74) is 0.745. The van der Waals surface area contributed by atoms with Gasteiger partial charge in [0.05, 0.1) is 5.02 Å². The van der Waals surface area contributed by atoms with Crippen LogP contribution in [0.1, 0.15) is 19.4 Å².